The van der Waals surface area contributed by atoms with E-state index in [1.54, 1.807) is 36.2 Å². The molecular formula is C24H29ClN2O2S. The lowest BCUT2D eigenvalue weighted by atomic mass is 9.92. The van der Waals surface area contributed by atoms with Crippen molar-refractivity contribution in [3.8, 4) is 0 Å². The number of alkyl halides is 1. The van der Waals surface area contributed by atoms with Crippen molar-refractivity contribution in [2.24, 2.45) is 5.41 Å². The van der Waals surface area contributed by atoms with Crippen LogP contribution >= 0.6 is 22.9 Å². The molecule has 2 amide bonds. The van der Waals surface area contributed by atoms with Crippen LogP contribution in [0.2, 0.25) is 0 Å². The van der Waals surface area contributed by atoms with Crippen LogP contribution in [0.25, 0.3) is 0 Å². The normalized spacial score (nSPS) is 16.1. The fraction of sp³-hybridized carbons (Fsp3) is 0.417. The molecule has 2 heterocycles. The van der Waals surface area contributed by atoms with Crippen LogP contribution in [0.4, 0.5) is 0 Å². The first kappa shape index (κ1) is 22.6. The molecule has 1 aromatic carbocycles. The first-order valence-electron chi connectivity index (χ1n) is 10.2. The Morgan fingerprint density at radius 1 is 1.30 bits per heavy atom. The van der Waals surface area contributed by atoms with Crippen LogP contribution in [0.3, 0.4) is 0 Å². The molecule has 0 saturated carbocycles. The fourth-order valence-electron chi connectivity index (χ4n) is 3.81. The Labute approximate surface area is 188 Å². The van der Waals surface area contributed by atoms with Gasteiger partial charge in [-0.05, 0) is 49.8 Å². The lowest BCUT2D eigenvalue weighted by Gasteiger charge is -2.38. The number of carbonyl (C=O) groups is 2. The summed E-state index contributed by atoms with van der Waals surface area (Å²) in [6.45, 7) is 10.4. The third-order valence-corrected chi connectivity index (χ3v) is 7.22. The second-order valence-electron chi connectivity index (χ2n) is 8.44. The highest BCUT2D eigenvalue weighted by Crippen LogP contribution is 2.38. The van der Waals surface area contributed by atoms with Crippen molar-refractivity contribution >= 4 is 34.8 Å². The van der Waals surface area contributed by atoms with Crippen LogP contribution in [0, 0.1) is 12.3 Å². The molecule has 160 valence electrons. The maximum Gasteiger partial charge on any atom is 0.243 e. The summed E-state index contributed by atoms with van der Waals surface area (Å²) in [6, 6.07) is 10.3. The van der Waals surface area contributed by atoms with Crippen molar-refractivity contribution in [2.45, 2.75) is 33.2 Å². The SMILES string of the molecule is C=CCN(CC(=O)N1CCc2sccc2C1c1ccc(C)cc1)C(=O)C(C)(C)CCl. The van der Waals surface area contributed by atoms with Crippen molar-refractivity contribution in [3.63, 3.8) is 0 Å². The minimum absolute atomic E-state index is 0.0208. The van der Waals surface area contributed by atoms with Crippen LogP contribution in [0.1, 0.15) is 41.5 Å². The molecule has 30 heavy (non-hydrogen) atoms. The molecule has 0 bridgehead atoms. The molecule has 4 nitrogen and oxygen atoms in total. The number of thiophene rings is 1. The molecule has 1 atom stereocenters. The number of amides is 2. The number of nitrogens with zero attached hydrogens (tertiary/aromatic N) is 2. The van der Waals surface area contributed by atoms with Gasteiger partial charge < -0.3 is 9.80 Å². The van der Waals surface area contributed by atoms with E-state index in [9.17, 15) is 9.59 Å². The van der Waals surface area contributed by atoms with E-state index in [-0.39, 0.29) is 30.3 Å². The standard InChI is InChI=1S/C24H29ClN2O2S/c1-5-12-26(23(29)24(3,4)16-25)15-21(28)27-13-10-20-19(11-14-30-20)22(27)18-8-6-17(2)7-9-18/h5-9,11,14,22H,1,10,12-13,15-16H2,2-4H3. The third-order valence-electron chi connectivity index (χ3n) is 5.56. The summed E-state index contributed by atoms with van der Waals surface area (Å²) >= 11 is 7.75. The second kappa shape index (κ2) is 9.36. The van der Waals surface area contributed by atoms with Crippen LogP contribution in [0.15, 0.2) is 48.4 Å². The predicted molar refractivity (Wildman–Crippen MR) is 124 cm³/mol. The van der Waals surface area contributed by atoms with Crippen molar-refractivity contribution in [2.75, 3.05) is 25.5 Å². The zero-order valence-electron chi connectivity index (χ0n) is 17.9. The largest absolute Gasteiger partial charge is 0.330 e. The molecule has 0 spiro atoms. The van der Waals surface area contributed by atoms with Crippen LogP contribution in [0.5, 0.6) is 0 Å². The van der Waals surface area contributed by atoms with Gasteiger partial charge in [0.1, 0.15) is 6.54 Å². The zero-order valence-corrected chi connectivity index (χ0v) is 19.4. The molecule has 1 unspecified atom stereocenters. The molecule has 1 aliphatic heterocycles. The third kappa shape index (κ3) is 4.62. The van der Waals surface area contributed by atoms with E-state index in [1.165, 1.54) is 16.0 Å². The number of halogens is 1. The highest BCUT2D eigenvalue weighted by Gasteiger charge is 2.36. The summed E-state index contributed by atoms with van der Waals surface area (Å²) in [6.07, 6.45) is 2.49. The van der Waals surface area contributed by atoms with Crippen LogP contribution < -0.4 is 0 Å². The summed E-state index contributed by atoms with van der Waals surface area (Å²) in [5.41, 5.74) is 2.73. The van der Waals surface area contributed by atoms with Gasteiger partial charge >= 0.3 is 0 Å². The highest BCUT2D eigenvalue weighted by atomic mass is 35.5. The first-order chi connectivity index (χ1) is 14.3. The van der Waals surface area contributed by atoms with E-state index in [1.807, 2.05) is 4.90 Å². The molecule has 6 heteroatoms. The van der Waals surface area contributed by atoms with Crippen molar-refractivity contribution in [1.29, 1.82) is 0 Å². The number of hydrogen-bond donors (Lipinski definition) is 0. The van der Waals surface area contributed by atoms with Gasteiger partial charge in [-0.3, -0.25) is 9.59 Å². The van der Waals surface area contributed by atoms with E-state index < -0.39 is 5.41 Å². The van der Waals surface area contributed by atoms with Gasteiger partial charge in [0.05, 0.1) is 11.5 Å². The smallest absolute Gasteiger partial charge is 0.243 e. The molecule has 0 saturated heterocycles. The Morgan fingerprint density at radius 2 is 2.00 bits per heavy atom. The predicted octanol–water partition coefficient (Wildman–Crippen LogP) is 4.81. The Balaban J connectivity index is 1.90. The maximum absolute atomic E-state index is 13.5. The van der Waals surface area contributed by atoms with Gasteiger partial charge in [0.25, 0.3) is 0 Å². The highest BCUT2D eigenvalue weighted by molar-refractivity contribution is 7.10. The average molecular weight is 445 g/mol. The summed E-state index contributed by atoms with van der Waals surface area (Å²) in [5.74, 6) is 0.00520. The molecule has 0 radical (unpaired) electrons. The molecular weight excluding hydrogens is 416 g/mol. The van der Waals surface area contributed by atoms with E-state index in [0.717, 1.165) is 12.0 Å². The van der Waals surface area contributed by atoms with Gasteiger partial charge in [-0.25, -0.2) is 0 Å². The quantitative estimate of drug-likeness (QED) is 0.454. The van der Waals surface area contributed by atoms with Crippen LogP contribution in [-0.4, -0.2) is 47.1 Å². The molecule has 1 aliphatic rings. The van der Waals surface area contributed by atoms with E-state index in [0.29, 0.717) is 13.1 Å². The fourth-order valence-corrected chi connectivity index (χ4v) is 4.83. The number of aryl methyl sites for hydroxylation is 1. The zero-order chi connectivity index (χ0) is 21.9. The Kier molecular flexibility index (Phi) is 7.04. The second-order valence-corrected chi connectivity index (χ2v) is 9.71. The average Bonchev–Trinajstić information content (AvgIpc) is 3.21. The van der Waals surface area contributed by atoms with Gasteiger partial charge in [0.2, 0.25) is 11.8 Å². The maximum atomic E-state index is 13.5. The molecule has 0 aliphatic carbocycles. The molecule has 3 rings (SSSR count). The number of carbonyl (C=O) groups excluding carboxylic acids is 2. The lowest BCUT2D eigenvalue weighted by molar-refractivity contribution is -0.145. The van der Waals surface area contributed by atoms with Gasteiger partial charge in [0.15, 0.2) is 0 Å². The summed E-state index contributed by atoms with van der Waals surface area (Å²) in [4.78, 5) is 31.2. The molecule has 1 aromatic heterocycles. The molecule has 2 aromatic rings. The number of hydrogen-bond acceptors (Lipinski definition) is 3. The lowest BCUT2D eigenvalue weighted by Crippen LogP contribution is -2.49. The summed E-state index contributed by atoms with van der Waals surface area (Å²) in [5, 5.41) is 2.09. The first-order valence-corrected chi connectivity index (χ1v) is 11.6. The number of rotatable bonds is 7. The topological polar surface area (TPSA) is 40.6 Å². The monoisotopic (exact) mass is 444 g/mol. The minimum atomic E-state index is -0.733. The van der Waals surface area contributed by atoms with Gasteiger partial charge in [0, 0.05) is 23.8 Å². The molecule has 0 fully saturated rings. The van der Waals surface area contributed by atoms with E-state index in [2.05, 4.69) is 49.2 Å². The molecule has 0 N–H and O–H groups in total. The summed E-state index contributed by atoms with van der Waals surface area (Å²) < 4.78 is 0. The van der Waals surface area contributed by atoms with Gasteiger partial charge in [-0.2, -0.15) is 0 Å². The van der Waals surface area contributed by atoms with Gasteiger partial charge in [-0.1, -0.05) is 35.9 Å². The Morgan fingerprint density at radius 3 is 2.63 bits per heavy atom. The number of fused-ring (bicyclic) bond motifs is 1. The summed E-state index contributed by atoms with van der Waals surface area (Å²) in [7, 11) is 0. The Bertz CT molecular complexity index is 920. The van der Waals surface area contributed by atoms with Crippen molar-refractivity contribution < 1.29 is 9.59 Å². The van der Waals surface area contributed by atoms with Crippen molar-refractivity contribution in [3.05, 3.63) is 69.9 Å². The van der Waals surface area contributed by atoms with Gasteiger partial charge in [-0.15, -0.1) is 29.5 Å². The van der Waals surface area contributed by atoms with Crippen LogP contribution in [-0.2, 0) is 16.0 Å². The van der Waals surface area contributed by atoms with Crippen molar-refractivity contribution in [1.82, 2.24) is 9.80 Å². The minimum Gasteiger partial charge on any atom is -0.330 e. The van der Waals surface area contributed by atoms with E-state index in [4.69, 9.17) is 11.6 Å². The van der Waals surface area contributed by atoms with E-state index >= 15 is 0 Å². The number of benzene rings is 1. The Hall–Kier alpha value is -2.11.